The molecule has 152 valence electrons. The second kappa shape index (κ2) is 8.48. The highest BCUT2D eigenvalue weighted by atomic mass is 16.5. The number of rotatable bonds is 6. The van der Waals surface area contributed by atoms with Crippen molar-refractivity contribution in [2.45, 2.75) is 13.0 Å². The number of benzene rings is 1. The number of imidazole rings is 1. The van der Waals surface area contributed by atoms with Crippen LogP contribution in [0.2, 0.25) is 0 Å². The molecule has 0 saturated carbocycles. The number of morpholine rings is 1. The van der Waals surface area contributed by atoms with Crippen LogP contribution in [-0.4, -0.2) is 60.0 Å². The standard InChI is InChI=1S/C21H25N5O3/c1-15(16-4-5-19(27-2)20(10-16)28-3)26-14-22-13-18(26)17-11-23-21(24-12-17)25-6-8-29-9-7-25/h4-5,10-15H,6-9H2,1-3H3/t15-/m1/s1. The summed E-state index contributed by atoms with van der Waals surface area (Å²) in [6.45, 7) is 5.16. The van der Waals surface area contributed by atoms with E-state index in [1.807, 2.05) is 43.1 Å². The highest BCUT2D eigenvalue weighted by Crippen LogP contribution is 2.33. The van der Waals surface area contributed by atoms with E-state index in [2.05, 4.69) is 31.3 Å². The molecule has 3 heterocycles. The van der Waals surface area contributed by atoms with Crippen molar-refractivity contribution in [2.75, 3.05) is 45.4 Å². The van der Waals surface area contributed by atoms with Gasteiger partial charge in [0.1, 0.15) is 0 Å². The summed E-state index contributed by atoms with van der Waals surface area (Å²) in [5.74, 6) is 2.15. The lowest BCUT2D eigenvalue weighted by Crippen LogP contribution is -2.37. The molecule has 4 rings (SSSR count). The first kappa shape index (κ1) is 19.2. The zero-order valence-corrected chi connectivity index (χ0v) is 16.9. The molecule has 1 aromatic carbocycles. The van der Waals surface area contributed by atoms with Gasteiger partial charge in [0.15, 0.2) is 11.5 Å². The fourth-order valence-electron chi connectivity index (χ4n) is 3.49. The van der Waals surface area contributed by atoms with E-state index in [4.69, 9.17) is 14.2 Å². The summed E-state index contributed by atoms with van der Waals surface area (Å²) in [5, 5.41) is 0. The SMILES string of the molecule is COc1ccc([C@@H](C)n2cncc2-c2cnc(N3CCOCC3)nc2)cc1OC. The molecular weight excluding hydrogens is 370 g/mol. The lowest BCUT2D eigenvalue weighted by atomic mass is 10.1. The van der Waals surface area contributed by atoms with Gasteiger partial charge >= 0.3 is 0 Å². The molecule has 8 nitrogen and oxygen atoms in total. The smallest absolute Gasteiger partial charge is 0.225 e. The summed E-state index contributed by atoms with van der Waals surface area (Å²) in [4.78, 5) is 15.6. The minimum Gasteiger partial charge on any atom is -0.493 e. The molecule has 3 aromatic rings. The highest BCUT2D eigenvalue weighted by molar-refractivity contribution is 5.58. The maximum atomic E-state index is 5.45. The second-order valence-corrected chi connectivity index (χ2v) is 6.85. The van der Waals surface area contributed by atoms with E-state index in [1.54, 1.807) is 14.2 Å². The Labute approximate surface area is 170 Å². The molecule has 0 aliphatic carbocycles. The maximum Gasteiger partial charge on any atom is 0.225 e. The summed E-state index contributed by atoms with van der Waals surface area (Å²) >= 11 is 0. The first-order valence-corrected chi connectivity index (χ1v) is 9.60. The largest absolute Gasteiger partial charge is 0.493 e. The van der Waals surface area contributed by atoms with Gasteiger partial charge in [-0.1, -0.05) is 6.07 Å². The van der Waals surface area contributed by atoms with Crippen molar-refractivity contribution < 1.29 is 14.2 Å². The molecule has 1 aliphatic rings. The van der Waals surface area contributed by atoms with E-state index in [-0.39, 0.29) is 6.04 Å². The van der Waals surface area contributed by atoms with E-state index in [0.29, 0.717) is 24.7 Å². The predicted molar refractivity (Wildman–Crippen MR) is 110 cm³/mol. The fourth-order valence-corrected chi connectivity index (χ4v) is 3.49. The summed E-state index contributed by atoms with van der Waals surface area (Å²) in [5.41, 5.74) is 2.97. The predicted octanol–water partition coefficient (Wildman–Crippen LogP) is 2.80. The lowest BCUT2D eigenvalue weighted by Gasteiger charge is -2.26. The zero-order valence-electron chi connectivity index (χ0n) is 16.9. The summed E-state index contributed by atoms with van der Waals surface area (Å²) < 4.78 is 18.3. The molecule has 0 radical (unpaired) electrons. The van der Waals surface area contributed by atoms with Crippen molar-refractivity contribution in [3.8, 4) is 22.8 Å². The minimum absolute atomic E-state index is 0.0474. The van der Waals surface area contributed by atoms with Gasteiger partial charge in [-0.05, 0) is 24.6 Å². The Balaban J connectivity index is 1.59. The van der Waals surface area contributed by atoms with Gasteiger partial charge in [0.25, 0.3) is 0 Å². The number of nitrogens with zero attached hydrogens (tertiary/aromatic N) is 5. The summed E-state index contributed by atoms with van der Waals surface area (Å²) in [6, 6.07) is 5.99. The Hall–Kier alpha value is -3.13. The number of anilines is 1. The van der Waals surface area contributed by atoms with Gasteiger partial charge in [-0.15, -0.1) is 0 Å². The first-order chi connectivity index (χ1) is 14.2. The van der Waals surface area contributed by atoms with Crippen LogP contribution in [0.5, 0.6) is 11.5 Å². The number of hydrogen-bond acceptors (Lipinski definition) is 7. The molecule has 0 unspecified atom stereocenters. The van der Waals surface area contributed by atoms with Crippen molar-refractivity contribution in [3.63, 3.8) is 0 Å². The van der Waals surface area contributed by atoms with Gasteiger partial charge in [0.2, 0.25) is 5.95 Å². The number of aromatic nitrogens is 4. The van der Waals surface area contributed by atoms with E-state index < -0.39 is 0 Å². The first-order valence-electron chi connectivity index (χ1n) is 9.60. The van der Waals surface area contributed by atoms with Crippen LogP contribution in [0.4, 0.5) is 5.95 Å². The molecule has 29 heavy (non-hydrogen) atoms. The van der Waals surface area contributed by atoms with Crippen LogP contribution in [0.1, 0.15) is 18.5 Å². The molecule has 1 aliphatic heterocycles. The average Bonchev–Trinajstić information content (AvgIpc) is 3.28. The molecule has 8 heteroatoms. The van der Waals surface area contributed by atoms with E-state index >= 15 is 0 Å². The topological polar surface area (TPSA) is 74.5 Å². The van der Waals surface area contributed by atoms with Gasteiger partial charge in [0, 0.05) is 31.0 Å². The Kier molecular flexibility index (Phi) is 5.62. The van der Waals surface area contributed by atoms with Crippen molar-refractivity contribution in [2.24, 2.45) is 0 Å². The van der Waals surface area contributed by atoms with Crippen LogP contribution in [0.3, 0.4) is 0 Å². The summed E-state index contributed by atoms with van der Waals surface area (Å²) in [7, 11) is 3.28. The Bertz CT molecular complexity index is 951. The summed E-state index contributed by atoms with van der Waals surface area (Å²) in [6.07, 6.45) is 7.37. The van der Waals surface area contributed by atoms with Crippen molar-refractivity contribution in [1.29, 1.82) is 0 Å². The Morgan fingerprint density at radius 2 is 1.72 bits per heavy atom. The molecule has 0 spiro atoms. The van der Waals surface area contributed by atoms with Gasteiger partial charge in [-0.25, -0.2) is 15.0 Å². The molecule has 2 aromatic heterocycles. The van der Waals surface area contributed by atoms with E-state index in [1.165, 1.54) is 0 Å². The molecule has 1 fully saturated rings. The third-order valence-electron chi connectivity index (χ3n) is 5.20. The number of methoxy groups -OCH3 is 2. The van der Waals surface area contributed by atoms with Gasteiger partial charge in [-0.3, -0.25) is 0 Å². The van der Waals surface area contributed by atoms with Gasteiger partial charge in [-0.2, -0.15) is 0 Å². The fraction of sp³-hybridized carbons (Fsp3) is 0.381. The Morgan fingerprint density at radius 1 is 1.00 bits per heavy atom. The van der Waals surface area contributed by atoms with Crippen LogP contribution in [0, 0.1) is 0 Å². The molecule has 0 N–H and O–H groups in total. The van der Waals surface area contributed by atoms with Crippen LogP contribution < -0.4 is 14.4 Å². The molecule has 1 saturated heterocycles. The van der Waals surface area contributed by atoms with Crippen LogP contribution in [0.15, 0.2) is 43.1 Å². The van der Waals surface area contributed by atoms with Crippen LogP contribution in [-0.2, 0) is 4.74 Å². The lowest BCUT2D eigenvalue weighted by molar-refractivity contribution is 0.122. The molecule has 1 atom stereocenters. The normalized spacial score (nSPS) is 15.2. The van der Waals surface area contributed by atoms with Crippen molar-refractivity contribution in [1.82, 2.24) is 19.5 Å². The maximum absolute atomic E-state index is 5.45. The minimum atomic E-state index is 0.0474. The third-order valence-corrected chi connectivity index (χ3v) is 5.20. The number of ether oxygens (including phenoxy) is 3. The van der Waals surface area contributed by atoms with E-state index in [0.717, 1.165) is 35.9 Å². The van der Waals surface area contributed by atoms with Crippen molar-refractivity contribution >= 4 is 5.95 Å². The van der Waals surface area contributed by atoms with E-state index in [9.17, 15) is 0 Å². The molecular formula is C21H25N5O3. The highest BCUT2D eigenvalue weighted by Gasteiger charge is 2.17. The van der Waals surface area contributed by atoms with Crippen LogP contribution in [0.25, 0.3) is 11.3 Å². The zero-order chi connectivity index (χ0) is 20.2. The van der Waals surface area contributed by atoms with Crippen LogP contribution >= 0.6 is 0 Å². The average molecular weight is 395 g/mol. The van der Waals surface area contributed by atoms with Crippen molar-refractivity contribution in [3.05, 3.63) is 48.7 Å². The quantitative estimate of drug-likeness (QED) is 0.635. The molecule has 0 amide bonds. The van der Waals surface area contributed by atoms with Gasteiger partial charge in [0.05, 0.1) is 51.7 Å². The number of hydrogen-bond donors (Lipinski definition) is 0. The monoisotopic (exact) mass is 395 g/mol. The van der Waals surface area contributed by atoms with Gasteiger partial charge < -0.3 is 23.7 Å². The second-order valence-electron chi connectivity index (χ2n) is 6.85. The molecule has 0 bridgehead atoms. The Morgan fingerprint density at radius 3 is 2.41 bits per heavy atom. The third kappa shape index (κ3) is 3.88.